The van der Waals surface area contributed by atoms with Gasteiger partial charge in [0.05, 0.1) is 5.41 Å². The first kappa shape index (κ1) is 20.8. The zero-order chi connectivity index (χ0) is 24.0. The predicted molar refractivity (Wildman–Crippen MR) is 155 cm³/mol. The van der Waals surface area contributed by atoms with Gasteiger partial charge in [-0.25, -0.2) is 0 Å². The van der Waals surface area contributed by atoms with Gasteiger partial charge in [0.1, 0.15) is 11.2 Å². The van der Waals surface area contributed by atoms with Gasteiger partial charge in [-0.1, -0.05) is 111 Å². The number of para-hydroxylation sites is 1. The third kappa shape index (κ3) is 2.55. The van der Waals surface area contributed by atoms with E-state index in [4.69, 9.17) is 4.42 Å². The number of hydrogen-bond donors (Lipinski definition) is 0. The lowest BCUT2D eigenvalue weighted by Crippen LogP contribution is -2.30. The van der Waals surface area contributed by atoms with Gasteiger partial charge in [0.15, 0.2) is 0 Å². The third-order valence-electron chi connectivity index (χ3n) is 7.83. The van der Waals surface area contributed by atoms with Crippen LogP contribution in [0.15, 0.2) is 110 Å². The van der Waals surface area contributed by atoms with Crippen molar-refractivity contribution in [1.29, 1.82) is 0 Å². The summed E-state index contributed by atoms with van der Waals surface area (Å²) in [5.41, 5.74) is 11.4. The molecule has 170 valence electrons. The van der Waals surface area contributed by atoms with Crippen molar-refractivity contribution in [1.82, 2.24) is 0 Å². The van der Waals surface area contributed by atoms with Gasteiger partial charge in [-0.05, 0) is 69.3 Å². The van der Waals surface area contributed by atoms with E-state index in [1.54, 1.807) is 0 Å². The van der Waals surface area contributed by atoms with Gasteiger partial charge in [0.25, 0.3) is 0 Å². The Bertz CT molecular complexity index is 1870. The zero-order valence-corrected chi connectivity index (χ0v) is 22.2. The number of halogens is 2. The molecule has 0 unspecified atom stereocenters. The summed E-state index contributed by atoms with van der Waals surface area (Å²) in [6.45, 7) is 0. The normalized spacial score (nSPS) is 14.5. The molecular weight excluding hydrogens is 572 g/mol. The maximum atomic E-state index is 6.61. The highest BCUT2D eigenvalue weighted by Crippen LogP contribution is 2.60. The minimum absolute atomic E-state index is 0.485. The molecule has 1 nitrogen and oxygen atoms in total. The molecule has 5 aromatic carbocycles. The molecule has 8 rings (SSSR count). The summed E-state index contributed by atoms with van der Waals surface area (Å²) in [6, 6.07) is 35.1. The molecule has 1 spiro atoms. The van der Waals surface area contributed by atoms with E-state index < -0.39 is 5.41 Å². The summed E-state index contributed by atoms with van der Waals surface area (Å²) in [4.78, 5) is 0. The van der Waals surface area contributed by atoms with E-state index in [1.165, 1.54) is 44.5 Å². The molecule has 0 bridgehead atoms. The van der Waals surface area contributed by atoms with Crippen molar-refractivity contribution in [2.75, 3.05) is 0 Å². The maximum Gasteiger partial charge on any atom is 0.143 e. The van der Waals surface area contributed by atoms with Crippen LogP contribution in [0.3, 0.4) is 0 Å². The number of benzene rings is 5. The standard InChI is InChI=1S/C33H18Br2O/c34-21-13-11-19-9-10-20-12-14-22(35)18-29(20)33(28(19)17-21)26-7-3-1-6-25(26)31-27(33)16-15-24-23-5-2-4-8-30(23)36-32(24)31/h1-18H. The quantitative estimate of drug-likeness (QED) is 0.171. The minimum Gasteiger partial charge on any atom is -0.455 e. The minimum atomic E-state index is -0.485. The summed E-state index contributed by atoms with van der Waals surface area (Å²) in [7, 11) is 0. The van der Waals surface area contributed by atoms with Crippen molar-refractivity contribution >= 4 is 66.0 Å². The van der Waals surface area contributed by atoms with Crippen molar-refractivity contribution < 1.29 is 4.42 Å². The Kier molecular flexibility index (Phi) is 4.22. The molecule has 6 aromatic rings. The van der Waals surface area contributed by atoms with E-state index >= 15 is 0 Å². The molecule has 0 aliphatic heterocycles. The van der Waals surface area contributed by atoms with Gasteiger partial charge in [0.2, 0.25) is 0 Å². The van der Waals surface area contributed by atoms with Crippen LogP contribution in [0, 0.1) is 0 Å². The lowest BCUT2D eigenvalue weighted by molar-refractivity contribution is 0.669. The molecule has 0 atom stereocenters. The summed E-state index contributed by atoms with van der Waals surface area (Å²) in [6.07, 6.45) is 4.51. The van der Waals surface area contributed by atoms with Gasteiger partial charge >= 0.3 is 0 Å². The van der Waals surface area contributed by atoms with Gasteiger partial charge in [0, 0.05) is 25.3 Å². The highest BCUT2D eigenvalue weighted by Gasteiger charge is 2.49. The van der Waals surface area contributed by atoms with Crippen molar-refractivity contribution in [3.63, 3.8) is 0 Å². The van der Waals surface area contributed by atoms with E-state index in [1.807, 2.05) is 6.07 Å². The average Bonchev–Trinajstić information content (AvgIpc) is 3.38. The molecular formula is C33H18Br2O. The third-order valence-corrected chi connectivity index (χ3v) is 8.82. The van der Waals surface area contributed by atoms with E-state index in [9.17, 15) is 0 Å². The van der Waals surface area contributed by atoms with Crippen LogP contribution in [0.1, 0.15) is 33.4 Å². The van der Waals surface area contributed by atoms with Gasteiger partial charge in [-0.2, -0.15) is 0 Å². The molecule has 2 aliphatic carbocycles. The van der Waals surface area contributed by atoms with Crippen molar-refractivity contribution in [3.05, 3.63) is 139 Å². The molecule has 0 saturated heterocycles. The summed E-state index contributed by atoms with van der Waals surface area (Å²) in [5, 5.41) is 2.31. The van der Waals surface area contributed by atoms with Crippen LogP contribution in [0.4, 0.5) is 0 Å². The Hall–Kier alpha value is -3.40. The number of fused-ring (bicyclic) bond motifs is 13. The zero-order valence-electron chi connectivity index (χ0n) is 19.1. The van der Waals surface area contributed by atoms with Crippen molar-refractivity contribution in [2.45, 2.75) is 5.41 Å². The van der Waals surface area contributed by atoms with Gasteiger partial charge in [-0.3, -0.25) is 0 Å². The van der Waals surface area contributed by atoms with Crippen molar-refractivity contribution in [2.24, 2.45) is 0 Å². The number of rotatable bonds is 0. The van der Waals surface area contributed by atoms with Gasteiger partial charge in [-0.15, -0.1) is 0 Å². The van der Waals surface area contributed by atoms with E-state index in [0.717, 1.165) is 30.9 Å². The Morgan fingerprint density at radius 1 is 0.556 bits per heavy atom. The van der Waals surface area contributed by atoms with E-state index in [2.05, 4.69) is 135 Å². The first-order valence-corrected chi connectivity index (χ1v) is 13.6. The fraction of sp³-hybridized carbons (Fsp3) is 0.0303. The summed E-state index contributed by atoms with van der Waals surface area (Å²) >= 11 is 7.58. The van der Waals surface area contributed by atoms with Crippen LogP contribution in [0.25, 0.3) is 45.2 Å². The second-order valence-corrected chi connectivity index (χ2v) is 11.4. The lowest BCUT2D eigenvalue weighted by atomic mass is 9.66. The monoisotopic (exact) mass is 588 g/mol. The molecule has 0 radical (unpaired) electrons. The predicted octanol–water partition coefficient (Wildman–Crippen LogP) is 9.96. The molecule has 0 N–H and O–H groups in total. The van der Waals surface area contributed by atoms with Crippen LogP contribution in [-0.4, -0.2) is 0 Å². The Morgan fingerprint density at radius 3 is 1.97 bits per heavy atom. The lowest BCUT2D eigenvalue weighted by Gasteiger charge is -2.35. The first-order chi connectivity index (χ1) is 17.7. The topological polar surface area (TPSA) is 13.1 Å². The van der Waals surface area contributed by atoms with Crippen molar-refractivity contribution in [3.8, 4) is 11.1 Å². The van der Waals surface area contributed by atoms with Crippen LogP contribution in [0.2, 0.25) is 0 Å². The van der Waals surface area contributed by atoms with Gasteiger partial charge < -0.3 is 4.42 Å². The van der Waals surface area contributed by atoms with Crippen LogP contribution in [-0.2, 0) is 5.41 Å². The molecule has 1 heterocycles. The van der Waals surface area contributed by atoms with Crippen LogP contribution >= 0.6 is 31.9 Å². The second kappa shape index (κ2) is 7.32. The highest BCUT2D eigenvalue weighted by molar-refractivity contribution is 9.10. The molecule has 0 fully saturated rings. The first-order valence-electron chi connectivity index (χ1n) is 12.0. The number of furan rings is 1. The average molecular weight is 590 g/mol. The molecule has 36 heavy (non-hydrogen) atoms. The maximum absolute atomic E-state index is 6.61. The van der Waals surface area contributed by atoms with E-state index in [-0.39, 0.29) is 0 Å². The summed E-state index contributed by atoms with van der Waals surface area (Å²) < 4.78 is 8.75. The Morgan fingerprint density at radius 2 is 1.22 bits per heavy atom. The number of hydrogen-bond acceptors (Lipinski definition) is 1. The SMILES string of the molecule is Brc1ccc2c(c1)C1(c3cc(Br)ccc3C=C2)c2ccccc2-c2c1ccc1c2oc2ccccc21. The molecule has 0 amide bonds. The fourth-order valence-corrected chi connectivity index (χ4v) is 7.17. The smallest absolute Gasteiger partial charge is 0.143 e. The second-order valence-electron chi connectivity index (χ2n) is 9.56. The summed E-state index contributed by atoms with van der Waals surface area (Å²) in [5.74, 6) is 0. The molecule has 0 saturated carbocycles. The largest absolute Gasteiger partial charge is 0.455 e. The highest BCUT2D eigenvalue weighted by atomic mass is 79.9. The Labute approximate surface area is 225 Å². The van der Waals surface area contributed by atoms with E-state index in [0.29, 0.717) is 0 Å². The van der Waals surface area contributed by atoms with Crippen LogP contribution < -0.4 is 0 Å². The molecule has 3 heteroatoms. The Balaban J connectivity index is 1.63. The molecule has 1 aromatic heterocycles. The molecule has 2 aliphatic rings. The van der Waals surface area contributed by atoms with Crippen LogP contribution in [0.5, 0.6) is 0 Å². The fourth-order valence-electron chi connectivity index (χ4n) is 6.44.